The van der Waals surface area contributed by atoms with Gasteiger partial charge in [-0.25, -0.2) is 0 Å². The molecule has 1 heterocycles. The molecular weight excluding hydrogens is 317 g/mol. The Morgan fingerprint density at radius 2 is 1.79 bits per heavy atom. The second kappa shape index (κ2) is 5.94. The molecule has 2 unspecified atom stereocenters. The van der Waals surface area contributed by atoms with E-state index in [-0.39, 0.29) is 11.6 Å². The Morgan fingerprint density at radius 3 is 2.38 bits per heavy atom. The maximum absolute atomic E-state index is 12.9. The predicted molar refractivity (Wildman–Crippen MR) is 85.5 cm³/mol. The second-order valence-electron chi connectivity index (χ2n) is 5.82. The summed E-state index contributed by atoms with van der Waals surface area (Å²) in [6, 6.07) is 11.2. The first kappa shape index (κ1) is 16.5. The number of aryl methyl sites for hydroxylation is 1. The van der Waals surface area contributed by atoms with E-state index in [1.165, 1.54) is 17.0 Å². The van der Waals surface area contributed by atoms with Crippen molar-refractivity contribution < 1.29 is 18.0 Å². The monoisotopic (exact) mass is 334 g/mol. The van der Waals surface area contributed by atoms with Crippen molar-refractivity contribution in [1.82, 2.24) is 0 Å². The van der Waals surface area contributed by atoms with Crippen LogP contribution in [-0.2, 0) is 17.4 Å². The molecular formula is C18H17F3N2O. The number of hydrogen-bond donors (Lipinski definition) is 1. The van der Waals surface area contributed by atoms with Crippen LogP contribution >= 0.6 is 0 Å². The lowest BCUT2D eigenvalue weighted by Crippen LogP contribution is -2.63. The molecule has 0 aromatic heterocycles. The van der Waals surface area contributed by atoms with Crippen LogP contribution < -0.4 is 10.6 Å². The van der Waals surface area contributed by atoms with Gasteiger partial charge in [0.15, 0.2) is 0 Å². The first-order valence-electron chi connectivity index (χ1n) is 7.67. The van der Waals surface area contributed by atoms with E-state index in [0.29, 0.717) is 0 Å². The Bertz CT molecular complexity index is 756. The number of nitrogens with two attached hydrogens (primary N) is 1. The molecule has 126 valence electrons. The summed E-state index contributed by atoms with van der Waals surface area (Å²) in [5.74, 6) is -0.376. The standard InChI is InChI=1S/C18H17F3N2O/c1-2-11-6-8-12(9-7-11)16-15(22)17(24)23(16)14-5-3-4-13(10-14)18(19,20)21/h3-10,15-16H,2,22H2,1H3. The second-order valence-corrected chi connectivity index (χ2v) is 5.82. The Kier molecular flexibility index (Phi) is 4.09. The van der Waals surface area contributed by atoms with Crippen LogP contribution in [0.1, 0.15) is 29.7 Å². The number of amides is 1. The Labute approximate surface area is 137 Å². The molecule has 3 rings (SSSR count). The van der Waals surface area contributed by atoms with Crippen LogP contribution in [0, 0.1) is 0 Å². The fourth-order valence-electron chi connectivity index (χ4n) is 2.94. The van der Waals surface area contributed by atoms with Crippen molar-refractivity contribution in [2.75, 3.05) is 4.90 Å². The highest BCUT2D eigenvalue weighted by molar-refractivity contribution is 6.05. The van der Waals surface area contributed by atoms with Crippen LogP contribution in [0.3, 0.4) is 0 Å². The summed E-state index contributed by atoms with van der Waals surface area (Å²) in [5, 5.41) is 0. The lowest BCUT2D eigenvalue weighted by Gasteiger charge is -2.45. The first-order chi connectivity index (χ1) is 11.3. The molecule has 2 aromatic carbocycles. The quantitative estimate of drug-likeness (QED) is 0.871. The summed E-state index contributed by atoms with van der Waals surface area (Å²) in [6.45, 7) is 2.03. The number of rotatable bonds is 3. The summed E-state index contributed by atoms with van der Waals surface area (Å²) >= 11 is 0. The molecule has 0 spiro atoms. The van der Waals surface area contributed by atoms with Crippen molar-refractivity contribution in [2.45, 2.75) is 31.6 Å². The highest BCUT2D eigenvalue weighted by Crippen LogP contribution is 2.40. The van der Waals surface area contributed by atoms with Gasteiger partial charge in [0, 0.05) is 5.69 Å². The molecule has 0 bridgehead atoms. The highest BCUT2D eigenvalue weighted by atomic mass is 19.4. The molecule has 0 aliphatic carbocycles. The molecule has 1 amide bonds. The number of halogens is 3. The average Bonchev–Trinajstić information content (AvgIpc) is 2.58. The smallest absolute Gasteiger partial charge is 0.318 e. The van der Waals surface area contributed by atoms with E-state index in [1.807, 2.05) is 31.2 Å². The van der Waals surface area contributed by atoms with Crippen molar-refractivity contribution in [2.24, 2.45) is 5.73 Å². The van der Waals surface area contributed by atoms with E-state index in [9.17, 15) is 18.0 Å². The molecule has 6 heteroatoms. The zero-order valence-electron chi connectivity index (χ0n) is 13.0. The topological polar surface area (TPSA) is 46.3 Å². The molecule has 0 radical (unpaired) electrons. The number of nitrogens with zero attached hydrogens (tertiary/aromatic N) is 1. The van der Waals surface area contributed by atoms with Gasteiger partial charge < -0.3 is 10.6 Å². The average molecular weight is 334 g/mol. The minimum atomic E-state index is -4.45. The molecule has 2 aromatic rings. The molecule has 1 aliphatic heterocycles. The highest BCUT2D eigenvalue weighted by Gasteiger charge is 2.47. The molecule has 1 fully saturated rings. The van der Waals surface area contributed by atoms with Crippen LogP contribution in [0.5, 0.6) is 0 Å². The Hall–Kier alpha value is -2.34. The van der Waals surface area contributed by atoms with Crippen LogP contribution in [0.2, 0.25) is 0 Å². The molecule has 0 saturated carbocycles. The first-order valence-corrected chi connectivity index (χ1v) is 7.67. The third-order valence-corrected chi connectivity index (χ3v) is 4.32. The normalized spacial score (nSPS) is 20.9. The van der Waals surface area contributed by atoms with E-state index in [4.69, 9.17) is 5.73 Å². The maximum atomic E-state index is 12.9. The number of anilines is 1. The van der Waals surface area contributed by atoms with Crippen molar-refractivity contribution in [1.29, 1.82) is 0 Å². The van der Waals surface area contributed by atoms with Gasteiger partial charge in [-0.2, -0.15) is 13.2 Å². The molecule has 2 N–H and O–H groups in total. The van der Waals surface area contributed by atoms with Crippen molar-refractivity contribution in [3.63, 3.8) is 0 Å². The fraction of sp³-hybridized carbons (Fsp3) is 0.278. The fourth-order valence-corrected chi connectivity index (χ4v) is 2.94. The van der Waals surface area contributed by atoms with E-state index < -0.39 is 23.8 Å². The third kappa shape index (κ3) is 2.78. The summed E-state index contributed by atoms with van der Waals surface area (Å²) < 4.78 is 38.7. The van der Waals surface area contributed by atoms with Gasteiger partial charge in [0.2, 0.25) is 5.91 Å². The molecule has 2 atom stereocenters. The van der Waals surface area contributed by atoms with E-state index in [1.54, 1.807) is 0 Å². The number of carbonyl (C=O) groups is 1. The third-order valence-electron chi connectivity index (χ3n) is 4.32. The Balaban J connectivity index is 1.95. The summed E-state index contributed by atoms with van der Waals surface area (Å²) in [4.78, 5) is 13.5. The van der Waals surface area contributed by atoms with Crippen LogP contribution in [0.4, 0.5) is 18.9 Å². The SMILES string of the molecule is CCc1ccc(C2C(N)C(=O)N2c2cccc(C(F)(F)F)c2)cc1. The van der Waals surface area contributed by atoms with Gasteiger partial charge in [0.1, 0.15) is 6.04 Å². The van der Waals surface area contributed by atoms with Gasteiger partial charge in [-0.05, 0) is 35.7 Å². The van der Waals surface area contributed by atoms with Gasteiger partial charge in [0.05, 0.1) is 11.6 Å². The summed E-state index contributed by atoms with van der Waals surface area (Å²) in [6.07, 6.45) is -3.57. The van der Waals surface area contributed by atoms with Gasteiger partial charge in [-0.1, -0.05) is 37.3 Å². The Morgan fingerprint density at radius 1 is 1.12 bits per heavy atom. The van der Waals surface area contributed by atoms with Gasteiger partial charge in [0.25, 0.3) is 0 Å². The van der Waals surface area contributed by atoms with Crippen molar-refractivity contribution >= 4 is 11.6 Å². The van der Waals surface area contributed by atoms with Crippen LogP contribution in [-0.4, -0.2) is 11.9 Å². The minimum absolute atomic E-state index is 0.209. The van der Waals surface area contributed by atoms with Gasteiger partial charge in [-0.3, -0.25) is 4.79 Å². The lowest BCUT2D eigenvalue weighted by molar-refractivity contribution is -0.137. The zero-order valence-corrected chi connectivity index (χ0v) is 13.0. The molecule has 1 aliphatic rings. The number of benzene rings is 2. The predicted octanol–water partition coefficient (Wildman–Crippen LogP) is 3.68. The molecule has 3 nitrogen and oxygen atoms in total. The lowest BCUT2D eigenvalue weighted by atomic mass is 9.87. The van der Waals surface area contributed by atoms with Gasteiger partial charge >= 0.3 is 6.18 Å². The molecule has 24 heavy (non-hydrogen) atoms. The number of carbonyl (C=O) groups excluding carboxylic acids is 1. The zero-order chi connectivity index (χ0) is 17.5. The number of alkyl halides is 3. The maximum Gasteiger partial charge on any atom is 0.416 e. The summed E-state index contributed by atoms with van der Waals surface area (Å²) in [5.41, 5.74) is 7.29. The molecule has 1 saturated heterocycles. The van der Waals surface area contributed by atoms with E-state index in [2.05, 4.69) is 0 Å². The summed E-state index contributed by atoms with van der Waals surface area (Å²) in [7, 11) is 0. The number of hydrogen-bond acceptors (Lipinski definition) is 2. The minimum Gasteiger partial charge on any atom is -0.318 e. The largest absolute Gasteiger partial charge is 0.416 e. The van der Waals surface area contributed by atoms with Gasteiger partial charge in [-0.15, -0.1) is 0 Å². The van der Waals surface area contributed by atoms with Crippen LogP contribution in [0.15, 0.2) is 48.5 Å². The van der Waals surface area contributed by atoms with E-state index in [0.717, 1.165) is 29.7 Å². The number of β-lactam (4-membered cyclic amide) rings is 1. The van der Waals surface area contributed by atoms with Crippen molar-refractivity contribution in [3.8, 4) is 0 Å². The van der Waals surface area contributed by atoms with E-state index >= 15 is 0 Å². The van der Waals surface area contributed by atoms with Crippen molar-refractivity contribution in [3.05, 3.63) is 65.2 Å². The van der Waals surface area contributed by atoms with Crippen LogP contribution in [0.25, 0.3) is 0 Å².